The molecule has 1 aliphatic rings. The molecule has 0 radical (unpaired) electrons. The van der Waals surface area contributed by atoms with E-state index >= 15 is 0 Å². The van der Waals surface area contributed by atoms with E-state index in [0.29, 0.717) is 34.7 Å². The first-order chi connectivity index (χ1) is 10.6. The second-order valence-electron chi connectivity index (χ2n) is 5.46. The zero-order valence-corrected chi connectivity index (χ0v) is 13.1. The zero-order chi connectivity index (χ0) is 15.5. The van der Waals surface area contributed by atoms with Crippen LogP contribution in [0.5, 0.6) is 5.75 Å². The maximum atomic E-state index is 13.3. The summed E-state index contributed by atoms with van der Waals surface area (Å²) in [5.74, 6) is 0.0874. The van der Waals surface area contributed by atoms with Gasteiger partial charge in [-0.05, 0) is 44.1 Å². The standard InChI is InChI=1S/C16H17ClFN3O/c1-21-6-2-3-12(21)10-22-13-8-14(16(17)20-9-13)11-4-5-19-15(18)7-11/h4-5,7-9,12H,2-3,6,10H2,1H3. The predicted octanol–water partition coefficient (Wildman–Crippen LogP) is 3.41. The Kier molecular flexibility index (Phi) is 4.55. The van der Waals surface area contributed by atoms with Crippen LogP contribution >= 0.6 is 11.6 Å². The van der Waals surface area contributed by atoms with Gasteiger partial charge in [0.2, 0.25) is 5.95 Å². The lowest BCUT2D eigenvalue weighted by molar-refractivity contribution is 0.198. The summed E-state index contributed by atoms with van der Waals surface area (Å²) in [6.07, 6.45) is 5.34. The van der Waals surface area contributed by atoms with Crippen molar-refractivity contribution in [2.75, 3.05) is 20.2 Å². The van der Waals surface area contributed by atoms with E-state index in [2.05, 4.69) is 21.9 Å². The number of hydrogen-bond donors (Lipinski definition) is 0. The molecule has 1 unspecified atom stereocenters. The number of ether oxygens (including phenoxy) is 1. The monoisotopic (exact) mass is 321 g/mol. The average Bonchev–Trinajstić information content (AvgIpc) is 2.92. The largest absolute Gasteiger partial charge is 0.490 e. The fourth-order valence-electron chi connectivity index (χ4n) is 2.66. The quantitative estimate of drug-likeness (QED) is 0.809. The summed E-state index contributed by atoms with van der Waals surface area (Å²) in [6.45, 7) is 1.72. The van der Waals surface area contributed by atoms with Gasteiger partial charge >= 0.3 is 0 Å². The van der Waals surface area contributed by atoms with E-state index < -0.39 is 5.95 Å². The molecule has 0 amide bonds. The van der Waals surface area contributed by atoms with Crippen molar-refractivity contribution in [2.45, 2.75) is 18.9 Å². The lowest BCUT2D eigenvalue weighted by Crippen LogP contribution is -2.30. The molecular formula is C16H17ClFN3O. The molecule has 0 bridgehead atoms. The van der Waals surface area contributed by atoms with Crippen LogP contribution in [-0.2, 0) is 0 Å². The fraction of sp³-hybridized carbons (Fsp3) is 0.375. The molecule has 6 heteroatoms. The first-order valence-electron chi connectivity index (χ1n) is 7.24. The van der Waals surface area contributed by atoms with Crippen molar-refractivity contribution in [1.29, 1.82) is 0 Å². The Morgan fingerprint density at radius 1 is 1.41 bits per heavy atom. The zero-order valence-electron chi connectivity index (χ0n) is 12.3. The number of pyridine rings is 2. The molecule has 0 aromatic carbocycles. The Labute approximate surface area is 133 Å². The summed E-state index contributed by atoms with van der Waals surface area (Å²) >= 11 is 6.12. The lowest BCUT2D eigenvalue weighted by atomic mass is 10.1. The number of aromatic nitrogens is 2. The average molecular weight is 322 g/mol. The molecule has 0 spiro atoms. The smallest absolute Gasteiger partial charge is 0.213 e. The van der Waals surface area contributed by atoms with E-state index in [9.17, 15) is 4.39 Å². The van der Waals surface area contributed by atoms with Crippen LogP contribution < -0.4 is 4.74 Å². The van der Waals surface area contributed by atoms with Gasteiger partial charge in [0.05, 0.1) is 6.20 Å². The minimum Gasteiger partial charge on any atom is -0.490 e. The molecule has 1 aliphatic heterocycles. The van der Waals surface area contributed by atoms with Crippen LogP contribution in [0.15, 0.2) is 30.6 Å². The molecule has 3 heterocycles. The molecule has 22 heavy (non-hydrogen) atoms. The third-order valence-electron chi connectivity index (χ3n) is 3.97. The van der Waals surface area contributed by atoms with Gasteiger partial charge in [0.25, 0.3) is 0 Å². The van der Waals surface area contributed by atoms with Gasteiger partial charge in [-0.1, -0.05) is 11.6 Å². The van der Waals surface area contributed by atoms with Crippen molar-refractivity contribution < 1.29 is 9.13 Å². The number of nitrogens with zero attached hydrogens (tertiary/aromatic N) is 3. The SMILES string of the molecule is CN1CCCC1COc1cnc(Cl)c(-c2ccnc(F)c2)c1. The van der Waals surface area contributed by atoms with E-state index in [1.807, 2.05) is 0 Å². The molecular weight excluding hydrogens is 305 g/mol. The van der Waals surface area contributed by atoms with Gasteiger partial charge in [-0.15, -0.1) is 0 Å². The highest BCUT2D eigenvalue weighted by Crippen LogP contribution is 2.30. The van der Waals surface area contributed by atoms with Crippen LogP contribution in [0.1, 0.15) is 12.8 Å². The van der Waals surface area contributed by atoms with Crippen molar-refractivity contribution in [1.82, 2.24) is 14.9 Å². The van der Waals surface area contributed by atoms with Gasteiger partial charge in [-0.25, -0.2) is 9.97 Å². The van der Waals surface area contributed by atoms with Gasteiger partial charge < -0.3 is 9.64 Å². The van der Waals surface area contributed by atoms with E-state index in [0.717, 1.165) is 13.0 Å². The second-order valence-corrected chi connectivity index (χ2v) is 5.82. The molecule has 1 saturated heterocycles. The normalized spacial score (nSPS) is 18.6. The maximum Gasteiger partial charge on any atom is 0.213 e. The molecule has 0 aliphatic carbocycles. The fourth-order valence-corrected chi connectivity index (χ4v) is 2.88. The number of rotatable bonds is 4. The molecule has 2 aromatic heterocycles. The first-order valence-corrected chi connectivity index (χ1v) is 7.62. The van der Waals surface area contributed by atoms with Gasteiger partial charge in [0, 0.05) is 23.9 Å². The topological polar surface area (TPSA) is 38.2 Å². The first kappa shape index (κ1) is 15.2. The number of likely N-dealkylation sites (N-methyl/N-ethyl adjacent to an activating group) is 1. The van der Waals surface area contributed by atoms with Gasteiger partial charge in [-0.2, -0.15) is 4.39 Å². The van der Waals surface area contributed by atoms with Crippen molar-refractivity contribution in [3.63, 3.8) is 0 Å². The minimum atomic E-state index is -0.549. The van der Waals surface area contributed by atoms with Crippen LogP contribution in [0.3, 0.4) is 0 Å². The highest BCUT2D eigenvalue weighted by Gasteiger charge is 2.21. The minimum absolute atomic E-state index is 0.316. The Balaban J connectivity index is 1.78. The lowest BCUT2D eigenvalue weighted by Gasteiger charge is -2.19. The Morgan fingerprint density at radius 2 is 2.27 bits per heavy atom. The summed E-state index contributed by atoms with van der Waals surface area (Å²) in [5, 5.41) is 0.316. The number of hydrogen-bond acceptors (Lipinski definition) is 4. The summed E-state index contributed by atoms with van der Waals surface area (Å²) < 4.78 is 19.1. The van der Waals surface area contributed by atoms with E-state index in [4.69, 9.17) is 16.3 Å². The second kappa shape index (κ2) is 6.58. The summed E-state index contributed by atoms with van der Waals surface area (Å²) in [7, 11) is 2.10. The molecule has 1 atom stereocenters. The van der Waals surface area contributed by atoms with Crippen molar-refractivity contribution in [2.24, 2.45) is 0 Å². The van der Waals surface area contributed by atoms with E-state index in [1.54, 1.807) is 18.3 Å². The Bertz CT molecular complexity index is 668. The van der Waals surface area contributed by atoms with Crippen molar-refractivity contribution in [3.8, 4) is 16.9 Å². The van der Waals surface area contributed by atoms with Gasteiger partial charge in [0.1, 0.15) is 17.5 Å². The molecule has 1 fully saturated rings. The Morgan fingerprint density at radius 3 is 3.00 bits per heavy atom. The third-order valence-corrected chi connectivity index (χ3v) is 4.27. The predicted molar refractivity (Wildman–Crippen MR) is 83.6 cm³/mol. The van der Waals surface area contributed by atoms with Gasteiger partial charge in [-0.3, -0.25) is 0 Å². The molecule has 3 rings (SSSR count). The summed E-state index contributed by atoms with van der Waals surface area (Å²) in [5.41, 5.74) is 1.27. The van der Waals surface area contributed by atoms with Crippen LogP contribution in [0.2, 0.25) is 5.15 Å². The van der Waals surface area contributed by atoms with Crippen LogP contribution in [0.25, 0.3) is 11.1 Å². The third kappa shape index (κ3) is 3.36. The van der Waals surface area contributed by atoms with Gasteiger partial charge in [0.15, 0.2) is 0 Å². The van der Waals surface area contributed by atoms with E-state index in [1.165, 1.54) is 18.7 Å². The van der Waals surface area contributed by atoms with E-state index in [-0.39, 0.29) is 0 Å². The number of halogens is 2. The molecule has 0 N–H and O–H groups in total. The molecule has 116 valence electrons. The van der Waals surface area contributed by atoms with Crippen LogP contribution in [0, 0.1) is 5.95 Å². The highest BCUT2D eigenvalue weighted by molar-refractivity contribution is 6.32. The highest BCUT2D eigenvalue weighted by atomic mass is 35.5. The summed E-state index contributed by atoms with van der Waals surface area (Å²) in [6, 6.07) is 5.24. The molecule has 2 aromatic rings. The van der Waals surface area contributed by atoms with Crippen molar-refractivity contribution in [3.05, 3.63) is 41.7 Å². The summed E-state index contributed by atoms with van der Waals surface area (Å²) in [4.78, 5) is 9.97. The number of likely N-dealkylation sites (tertiary alicyclic amines) is 1. The maximum absolute atomic E-state index is 13.3. The van der Waals surface area contributed by atoms with Crippen molar-refractivity contribution >= 4 is 11.6 Å². The van der Waals surface area contributed by atoms with Crippen LogP contribution in [-0.4, -0.2) is 41.1 Å². The Hall–Kier alpha value is -1.72. The van der Waals surface area contributed by atoms with Crippen LogP contribution in [0.4, 0.5) is 4.39 Å². The molecule has 0 saturated carbocycles. The molecule has 4 nitrogen and oxygen atoms in total.